The molecule has 0 aliphatic heterocycles. The van der Waals surface area contributed by atoms with Gasteiger partial charge in [-0.1, -0.05) is 34.6 Å². The molecule has 0 saturated heterocycles. The normalized spacial score (nSPS) is 19.2. The highest BCUT2D eigenvalue weighted by molar-refractivity contribution is 7.18. The summed E-state index contributed by atoms with van der Waals surface area (Å²) in [6.45, 7) is 11.1. The number of aromatic amines is 1. The van der Waals surface area contributed by atoms with Crippen LogP contribution in [0.5, 0.6) is 0 Å². The molecule has 21 heavy (non-hydrogen) atoms. The number of nitrogens with zero attached hydrogens (tertiary/aromatic N) is 1. The van der Waals surface area contributed by atoms with Crippen molar-refractivity contribution in [1.29, 1.82) is 0 Å². The average Bonchev–Trinajstić information content (AvgIpc) is 2.74. The fourth-order valence-corrected chi connectivity index (χ4v) is 4.52. The number of thiophene rings is 1. The molecule has 0 aromatic carbocycles. The van der Waals surface area contributed by atoms with Gasteiger partial charge in [0.25, 0.3) is 5.56 Å². The van der Waals surface area contributed by atoms with Gasteiger partial charge in [0, 0.05) is 10.8 Å². The van der Waals surface area contributed by atoms with Crippen LogP contribution in [-0.2, 0) is 12.8 Å². The number of H-pyrrole nitrogens is 1. The summed E-state index contributed by atoms with van der Waals surface area (Å²) in [4.78, 5) is 22.4. The van der Waals surface area contributed by atoms with E-state index in [1.54, 1.807) is 11.3 Å². The molecule has 114 valence electrons. The third-order valence-corrected chi connectivity index (χ3v) is 5.86. The first kappa shape index (κ1) is 14.8. The molecule has 0 bridgehead atoms. The number of hydrogen-bond acceptors (Lipinski definition) is 3. The second kappa shape index (κ2) is 4.94. The van der Waals surface area contributed by atoms with E-state index < -0.39 is 0 Å². The van der Waals surface area contributed by atoms with Crippen molar-refractivity contribution >= 4 is 21.6 Å². The largest absolute Gasteiger partial charge is 0.310 e. The highest BCUT2D eigenvalue weighted by Gasteiger charge is 2.31. The molecule has 2 aromatic heterocycles. The van der Waals surface area contributed by atoms with Crippen molar-refractivity contribution in [2.24, 2.45) is 11.3 Å². The van der Waals surface area contributed by atoms with Crippen LogP contribution in [0.15, 0.2) is 4.79 Å². The fraction of sp³-hybridized carbons (Fsp3) is 0.647. The SMILES string of the molecule is CC(C)c1nc2sc3c(c2c(=O)[nH]1)CCC(C(C)(C)C)C3. The minimum atomic E-state index is 0.0513. The van der Waals surface area contributed by atoms with E-state index in [1.165, 1.54) is 16.9 Å². The molecule has 3 rings (SSSR count). The summed E-state index contributed by atoms with van der Waals surface area (Å²) in [6, 6.07) is 0. The van der Waals surface area contributed by atoms with E-state index in [9.17, 15) is 4.79 Å². The zero-order valence-electron chi connectivity index (χ0n) is 13.5. The van der Waals surface area contributed by atoms with E-state index >= 15 is 0 Å². The molecule has 1 aliphatic carbocycles. The Morgan fingerprint density at radius 3 is 2.67 bits per heavy atom. The zero-order chi connectivity index (χ0) is 15.4. The quantitative estimate of drug-likeness (QED) is 0.855. The Hall–Kier alpha value is -1.16. The van der Waals surface area contributed by atoms with Crippen molar-refractivity contribution in [3.8, 4) is 0 Å². The Kier molecular flexibility index (Phi) is 3.47. The van der Waals surface area contributed by atoms with Crippen molar-refractivity contribution in [2.75, 3.05) is 0 Å². The van der Waals surface area contributed by atoms with Gasteiger partial charge < -0.3 is 4.98 Å². The first-order chi connectivity index (χ1) is 9.77. The van der Waals surface area contributed by atoms with Crippen LogP contribution in [0.1, 0.15) is 63.2 Å². The first-order valence-corrected chi connectivity index (χ1v) is 8.63. The standard InChI is InChI=1S/C17H24N2OS/c1-9(2)14-18-15(20)13-11-7-6-10(17(3,4)5)8-12(11)21-16(13)19-14/h9-10H,6-8H2,1-5H3,(H,18,19,20). The molecule has 0 saturated carbocycles. The molecule has 0 amide bonds. The summed E-state index contributed by atoms with van der Waals surface area (Å²) < 4.78 is 0. The van der Waals surface area contributed by atoms with Crippen LogP contribution in [-0.4, -0.2) is 9.97 Å². The number of rotatable bonds is 1. The number of nitrogens with one attached hydrogen (secondary N) is 1. The Morgan fingerprint density at radius 1 is 1.33 bits per heavy atom. The van der Waals surface area contributed by atoms with Gasteiger partial charge in [-0.05, 0) is 36.2 Å². The molecule has 2 heterocycles. The van der Waals surface area contributed by atoms with Crippen LogP contribution in [0.25, 0.3) is 10.2 Å². The van der Waals surface area contributed by atoms with Crippen molar-refractivity contribution in [3.05, 3.63) is 26.6 Å². The van der Waals surface area contributed by atoms with E-state index in [1.807, 2.05) is 0 Å². The summed E-state index contributed by atoms with van der Waals surface area (Å²) in [6.07, 6.45) is 3.28. The molecular formula is C17H24N2OS. The zero-order valence-corrected chi connectivity index (χ0v) is 14.4. The number of aryl methyl sites for hydroxylation is 1. The highest BCUT2D eigenvalue weighted by Crippen LogP contribution is 2.42. The monoisotopic (exact) mass is 304 g/mol. The average molecular weight is 304 g/mol. The lowest BCUT2D eigenvalue weighted by atomic mass is 9.72. The van der Waals surface area contributed by atoms with Gasteiger partial charge in [-0.25, -0.2) is 4.98 Å². The van der Waals surface area contributed by atoms with Crippen molar-refractivity contribution in [1.82, 2.24) is 9.97 Å². The second-order valence-electron chi connectivity index (χ2n) is 7.60. The van der Waals surface area contributed by atoms with Crippen LogP contribution in [0.2, 0.25) is 0 Å². The first-order valence-electron chi connectivity index (χ1n) is 7.82. The minimum absolute atomic E-state index is 0.0513. The summed E-state index contributed by atoms with van der Waals surface area (Å²) in [7, 11) is 0. The summed E-state index contributed by atoms with van der Waals surface area (Å²) >= 11 is 1.73. The minimum Gasteiger partial charge on any atom is -0.310 e. The Labute approximate surface area is 129 Å². The fourth-order valence-electron chi connectivity index (χ4n) is 3.21. The van der Waals surface area contributed by atoms with Crippen LogP contribution >= 0.6 is 11.3 Å². The van der Waals surface area contributed by atoms with Crippen LogP contribution in [0, 0.1) is 11.3 Å². The second-order valence-corrected chi connectivity index (χ2v) is 8.68. The van der Waals surface area contributed by atoms with Crippen LogP contribution < -0.4 is 5.56 Å². The van der Waals surface area contributed by atoms with Gasteiger partial charge in [-0.2, -0.15) is 0 Å². The van der Waals surface area contributed by atoms with E-state index in [-0.39, 0.29) is 11.5 Å². The molecule has 1 atom stereocenters. The Balaban J connectivity index is 2.11. The van der Waals surface area contributed by atoms with Gasteiger partial charge in [0.1, 0.15) is 10.7 Å². The molecule has 0 fully saturated rings. The Morgan fingerprint density at radius 2 is 2.05 bits per heavy atom. The number of aromatic nitrogens is 2. The third-order valence-electron chi connectivity index (χ3n) is 4.71. The highest BCUT2D eigenvalue weighted by atomic mass is 32.1. The van der Waals surface area contributed by atoms with Crippen LogP contribution in [0.3, 0.4) is 0 Å². The molecule has 1 unspecified atom stereocenters. The lowest BCUT2D eigenvalue weighted by molar-refractivity contribution is 0.218. The van der Waals surface area contributed by atoms with Gasteiger partial charge in [0.15, 0.2) is 0 Å². The molecular weight excluding hydrogens is 280 g/mol. The maximum absolute atomic E-state index is 12.4. The number of hydrogen-bond donors (Lipinski definition) is 1. The predicted molar refractivity (Wildman–Crippen MR) is 89.3 cm³/mol. The third kappa shape index (κ3) is 2.54. The van der Waals surface area contributed by atoms with Gasteiger partial charge in [0.2, 0.25) is 0 Å². The van der Waals surface area contributed by atoms with E-state index in [0.717, 1.165) is 28.9 Å². The van der Waals surface area contributed by atoms with Gasteiger partial charge in [-0.3, -0.25) is 4.79 Å². The van der Waals surface area contributed by atoms with Gasteiger partial charge in [0.05, 0.1) is 5.39 Å². The molecule has 1 aliphatic rings. The van der Waals surface area contributed by atoms with Gasteiger partial charge in [-0.15, -0.1) is 11.3 Å². The molecule has 2 aromatic rings. The maximum atomic E-state index is 12.4. The maximum Gasteiger partial charge on any atom is 0.259 e. The van der Waals surface area contributed by atoms with Crippen molar-refractivity contribution < 1.29 is 0 Å². The van der Waals surface area contributed by atoms with Crippen molar-refractivity contribution in [2.45, 2.75) is 59.8 Å². The van der Waals surface area contributed by atoms with Crippen molar-refractivity contribution in [3.63, 3.8) is 0 Å². The number of fused-ring (bicyclic) bond motifs is 3. The van der Waals surface area contributed by atoms with E-state index in [2.05, 4.69) is 39.6 Å². The lowest BCUT2D eigenvalue weighted by Gasteiger charge is -2.33. The molecule has 4 heteroatoms. The predicted octanol–water partition coefficient (Wildman–Crippen LogP) is 4.26. The topological polar surface area (TPSA) is 45.8 Å². The molecule has 0 radical (unpaired) electrons. The van der Waals surface area contributed by atoms with E-state index in [0.29, 0.717) is 11.3 Å². The Bertz CT molecular complexity index is 734. The van der Waals surface area contributed by atoms with Gasteiger partial charge >= 0.3 is 0 Å². The molecule has 0 spiro atoms. The molecule has 1 N–H and O–H groups in total. The summed E-state index contributed by atoms with van der Waals surface area (Å²) in [5.74, 6) is 1.75. The smallest absolute Gasteiger partial charge is 0.259 e. The summed E-state index contributed by atoms with van der Waals surface area (Å²) in [5.41, 5.74) is 1.64. The lowest BCUT2D eigenvalue weighted by Crippen LogP contribution is -2.26. The van der Waals surface area contributed by atoms with E-state index in [4.69, 9.17) is 4.98 Å². The molecule has 3 nitrogen and oxygen atoms in total. The van der Waals surface area contributed by atoms with Crippen LogP contribution in [0.4, 0.5) is 0 Å². The summed E-state index contributed by atoms with van der Waals surface area (Å²) in [5, 5.41) is 0.853.